The van der Waals surface area contributed by atoms with Crippen LogP contribution < -0.4 is 0 Å². The molecule has 4 nitrogen and oxygen atoms in total. The standard InChI is InChI=1S/C31H24O4/c32-27-12-6-4-10-23(27)25-18-21(14-16-29(25)34)31(20-8-2-1-3-9-20)22-15-17-30(35)26(19-22)24-11-5-7-13-28(24)33/h1-19,31-35H. The van der Waals surface area contributed by atoms with Gasteiger partial charge in [-0.05, 0) is 53.1 Å². The van der Waals surface area contributed by atoms with Crippen LogP contribution in [0.3, 0.4) is 0 Å². The zero-order valence-electron chi connectivity index (χ0n) is 18.8. The minimum atomic E-state index is -0.230. The van der Waals surface area contributed by atoms with E-state index in [-0.39, 0.29) is 28.9 Å². The van der Waals surface area contributed by atoms with Crippen LogP contribution in [0.4, 0.5) is 0 Å². The quantitative estimate of drug-likeness (QED) is 0.212. The fourth-order valence-electron chi connectivity index (χ4n) is 4.52. The number of aromatic hydroxyl groups is 4. The molecule has 5 rings (SSSR count). The molecule has 0 saturated heterocycles. The fraction of sp³-hybridized carbons (Fsp3) is 0.0323. The van der Waals surface area contributed by atoms with E-state index in [1.165, 1.54) is 0 Å². The highest BCUT2D eigenvalue weighted by Crippen LogP contribution is 2.42. The molecule has 0 unspecified atom stereocenters. The van der Waals surface area contributed by atoms with Gasteiger partial charge in [0.05, 0.1) is 0 Å². The van der Waals surface area contributed by atoms with Crippen LogP contribution in [-0.4, -0.2) is 20.4 Å². The molecule has 35 heavy (non-hydrogen) atoms. The summed E-state index contributed by atoms with van der Waals surface area (Å²) < 4.78 is 0. The number of hydrogen-bond acceptors (Lipinski definition) is 4. The number of para-hydroxylation sites is 2. The first-order valence-corrected chi connectivity index (χ1v) is 11.3. The van der Waals surface area contributed by atoms with E-state index < -0.39 is 0 Å². The molecule has 5 aromatic rings. The van der Waals surface area contributed by atoms with Gasteiger partial charge in [0.15, 0.2) is 0 Å². The average molecular weight is 461 g/mol. The van der Waals surface area contributed by atoms with E-state index in [9.17, 15) is 20.4 Å². The average Bonchev–Trinajstić information content (AvgIpc) is 2.88. The second-order valence-electron chi connectivity index (χ2n) is 8.43. The van der Waals surface area contributed by atoms with Crippen LogP contribution >= 0.6 is 0 Å². The summed E-state index contributed by atoms with van der Waals surface area (Å²) in [5, 5.41) is 42.1. The summed E-state index contributed by atoms with van der Waals surface area (Å²) in [5.74, 6) is 0.0855. The van der Waals surface area contributed by atoms with Gasteiger partial charge < -0.3 is 20.4 Å². The normalized spacial score (nSPS) is 11.0. The highest BCUT2D eigenvalue weighted by molar-refractivity contribution is 5.78. The summed E-state index contributed by atoms with van der Waals surface area (Å²) in [4.78, 5) is 0. The van der Waals surface area contributed by atoms with Gasteiger partial charge in [-0.1, -0.05) is 78.9 Å². The molecule has 0 bridgehead atoms. The third-order valence-electron chi connectivity index (χ3n) is 6.23. The minimum absolute atomic E-state index is 0.0719. The predicted molar refractivity (Wildman–Crippen MR) is 138 cm³/mol. The first-order valence-electron chi connectivity index (χ1n) is 11.3. The first kappa shape index (κ1) is 22.1. The Balaban J connectivity index is 1.71. The molecular weight excluding hydrogens is 436 g/mol. The van der Waals surface area contributed by atoms with Crippen LogP contribution in [0.5, 0.6) is 23.0 Å². The first-order chi connectivity index (χ1) is 17.0. The number of rotatable bonds is 5. The van der Waals surface area contributed by atoms with Crippen molar-refractivity contribution in [3.8, 4) is 45.3 Å². The molecule has 0 heterocycles. The molecule has 4 heteroatoms. The van der Waals surface area contributed by atoms with Gasteiger partial charge in [0.1, 0.15) is 23.0 Å². The van der Waals surface area contributed by atoms with Crippen LogP contribution in [0.15, 0.2) is 115 Å². The van der Waals surface area contributed by atoms with Crippen molar-refractivity contribution in [1.29, 1.82) is 0 Å². The Morgan fingerprint density at radius 1 is 0.343 bits per heavy atom. The van der Waals surface area contributed by atoms with Crippen molar-refractivity contribution in [2.75, 3.05) is 0 Å². The third-order valence-corrected chi connectivity index (χ3v) is 6.23. The Bertz CT molecular complexity index is 1400. The molecule has 0 radical (unpaired) electrons. The molecule has 0 aromatic heterocycles. The molecule has 4 N–H and O–H groups in total. The maximum absolute atomic E-state index is 10.6. The van der Waals surface area contributed by atoms with Gasteiger partial charge in [-0.2, -0.15) is 0 Å². The van der Waals surface area contributed by atoms with Crippen molar-refractivity contribution in [3.63, 3.8) is 0 Å². The maximum Gasteiger partial charge on any atom is 0.123 e. The highest BCUT2D eigenvalue weighted by Gasteiger charge is 2.21. The predicted octanol–water partition coefficient (Wildman–Crippen LogP) is 7.02. The van der Waals surface area contributed by atoms with Gasteiger partial charge in [0.2, 0.25) is 0 Å². The van der Waals surface area contributed by atoms with E-state index >= 15 is 0 Å². The summed E-state index contributed by atoms with van der Waals surface area (Å²) in [6.07, 6.45) is 0. The monoisotopic (exact) mass is 460 g/mol. The topological polar surface area (TPSA) is 80.9 Å². The zero-order chi connectivity index (χ0) is 24.4. The molecule has 0 fully saturated rings. The van der Waals surface area contributed by atoms with Gasteiger partial charge in [-0.15, -0.1) is 0 Å². The van der Waals surface area contributed by atoms with E-state index in [4.69, 9.17) is 0 Å². The largest absolute Gasteiger partial charge is 0.507 e. The van der Waals surface area contributed by atoms with Crippen molar-refractivity contribution in [2.24, 2.45) is 0 Å². The summed E-state index contributed by atoms with van der Waals surface area (Å²) in [6, 6.07) is 34.5. The molecular formula is C31H24O4. The molecule has 0 atom stereocenters. The van der Waals surface area contributed by atoms with Crippen LogP contribution in [0.25, 0.3) is 22.3 Å². The molecule has 0 spiro atoms. The number of hydrogen-bond donors (Lipinski definition) is 4. The Morgan fingerprint density at radius 2 is 0.743 bits per heavy atom. The second kappa shape index (κ2) is 9.27. The lowest BCUT2D eigenvalue weighted by atomic mass is 9.82. The molecule has 0 aliphatic heterocycles. The smallest absolute Gasteiger partial charge is 0.123 e. The number of benzene rings is 5. The van der Waals surface area contributed by atoms with Crippen molar-refractivity contribution < 1.29 is 20.4 Å². The zero-order valence-corrected chi connectivity index (χ0v) is 18.8. The lowest BCUT2D eigenvalue weighted by Crippen LogP contribution is -2.04. The van der Waals surface area contributed by atoms with Gasteiger partial charge >= 0.3 is 0 Å². The molecule has 5 aromatic carbocycles. The Labute approximate surface area is 203 Å². The highest BCUT2D eigenvalue weighted by atomic mass is 16.3. The van der Waals surface area contributed by atoms with Gasteiger partial charge in [-0.3, -0.25) is 0 Å². The number of phenols is 4. The van der Waals surface area contributed by atoms with Crippen molar-refractivity contribution in [2.45, 2.75) is 5.92 Å². The Kier molecular flexibility index (Phi) is 5.86. The fourth-order valence-corrected chi connectivity index (χ4v) is 4.52. The van der Waals surface area contributed by atoms with E-state index in [1.807, 2.05) is 66.7 Å². The second-order valence-corrected chi connectivity index (χ2v) is 8.43. The summed E-state index contributed by atoms with van der Waals surface area (Å²) in [7, 11) is 0. The van der Waals surface area contributed by atoms with E-state index in [1.54, 1.807) is 48.5 Å². The molecule has 0 aliphatic rings. The maximum atomic E-state index is 10.6. The van der Waals surface area contributed by atoms with Crippen molar-refractivity contribution in [1.82, 2.24) is 0 Å². The SMILES string of the molecule is Oc1ccccc1-c1cc(C(c2ccccc2)c2ccc(O)c(-c3ccccc3O)c2)ccc1O. The lowest BCUT2D eigenvalue weighted by molar-refractivity contribution is 0.468. The summed E-state index contributed by atoms with van der Waals surface area (Å²) in [6.45, 7) is 0. The van der Waals surface area contributed by atoms with Gasteiger partial charge in [-0.25, -0.2) is 0 Å². The van der Waals surface area contributed by atoms with Crippen LogP contribution in [0, 0.1) is 0 Å². The summed E-state index contributed by atoms with van der Waals surface area (Å²) in [5.41, 5.74) is 4.97. The Morgan fingerprint density at radius 3 is 1.20 bits per heavy atom. The van der Waals surface area contributed by atoms with Crippen molar-refractivity contribution >= 4 is 0 Å². The van der Waals surface area contributed by atoms with Crippen LogP contribution in [0.2, 0.25) is 0 Å². The molecule has 0 saturated carbocycles. The number of phenolic OH excluding ortho intramolecular Hbond substituents is 4. The molecule has 172 valence electrons. The third kappa shape index (κ3) is 4.30. The molecule has 0 aliphatic carbocycles. The van der Waals surface area contributed by atoms with E-state index in [2.05, 4.69) is 0 Å². The summed E-state index contributed by atoms with van der Waals surface area (Å²) >= 11 is 0. The van der Waals surface area contributed by atoms with Crippen molar-refractivity contribution in [3.05, 3.63) is 132 Å². The van der Waals surface area contributed by atoms with Crippen LogP contribution in [-0.2, 0) is 0 Å². The van der Waals surface area contributed by atoms with Crippen LogP contribution in [0.1, 0.15) is 22.6 Å². The molecule has 0 amide bonds. The van der Waals surface area contributed by atoms with Gasteiger partial charge in [0.25, 0.3) is 0 Å². The van der Waals surface area contributed by atoms with E-state index in [0.29, 0.717) is 22.3 Å². The minimum Gasteiger partial charge on any atom is -0.507 e. The van der Waals surface area contributed by atoms with Gasteiger partial charge in [0, 0.05) is 28.2 Å². The van der Waals surface area contributed by atoms with E-state index in [0.717, 1.165) is 16.7 Å². The lowest BCUT2D eigenvalue weighted by Gasteiger charge is -2.22. The Hall–Kier alpha value is -4.70.